The van der Waals surface area contributed by atoms with Gasteiger partial charge in [0.2, 0.25) is 0 Å². The van der Waals surface area contributed by atoms with Crippen LogP contribution in [0.1, 0.15) is 0 Å². The van der Waals surface area contributed by atoms with Crippen LogP contribution in [0.2, 0.25) is 0 Å². The van der Waals surface area contributed by atoms with Gasteiger partial charge in [0, 0.05) is 6.07 Å². The quantitative estimate of drug-likeness (QED) is 0.345. The molecule has 9 heteroatoms. The molecule has 0 unspecified atom stereocenters. The number of nitrogens with one attached hydrogen (secondary N) is 2. The Morgan fingerprint density at radius 3 is 2.11 bits per heavy atom. The highest BCUT2D eigenvalue weighted by molar-refractivity contribution is 5.58. The van der Waals surface area contributed by atoms with Gasteiger partial charge in [-0.25, -0.2) is 28.4 Å². The summed E-state index contributed by atoms with van der Waals surface area (Å²) in [5, 5.41) is 2.10. The molecule has 2 aromatic rings. The van der Waals surface area contributed by atoms with Gasteiger partial charge in [-0.2, -0.15) is 0 Å². The van der Waals surface area contributed by atoms with Gasteiger partial charge < -0.3 is 10.7 Å². The molecule has 0 amide bonds. The van der Waals surface area contributed by atoms with Crippen LogP contribution in [0, 0.1) is 23.3 Å². The zero-order valence-electron chi connectivity index (χ0n) is 9.22. The van der Waals surface area contributed by atoms with Gasteiger partial charge in [0.25, 0.3) is 0 Å². The molecule has 1 heterocycles. The van der Waals surface area contributed by atoms with E-state index in [2.05, 4.69) is 20.7 Å². The van der Waals surface area contributed by atoms with Gasteiger partial charge in [0.15, 0.2) is 34.9 Å². The smallest absolute Gasteiger partial charge is 0.185 e. The zero-order chi connectivity index (χ0) is 14.0. The number of nitrogens with two attached hydrogens (primary N) is 1. The van der Waals surface area contributed by atoms with E-state index in [1.165, 1.54) is 6.20 Å². The summed E-state index contributed by atoms with van der Waals surface area (Å²) in [6.45, 7) is 0. The number of benzene rings is 1. The van der Waals surface area contributed by atoms with E-state index in [9.17, 15) is 17.6 Å². The topological polar surface area (TPSA) is 75.9 Å². The number of aromatic nitrogens is 2. The van der Waals surface area contributed by atoms with E-state index in [0.29, 0.717) is 0 Å². The number of nitrogens with zero attached hydrogens (tertiary/aromatic N) is 2. The van der Waals surface area contributed by atoms with Crippen molar-refractivity contribution in [3.8, 4) is 0 Å². The normalized spacial score (nSPS) is 10.4. The van der Waals surface area contributed by atoms with Crippen molar-refractivity contribution in [2.45, 2.75) is 0 Å². The summed E-state index contributed by atoms with van der Waals surface area (Å²) in [5.74, 6) is -1.15. The largest absolute Gasteiger partial charge is 0.334 e. The van der Waals surface area contributed by atoms with Crippen LogP contribution >= 0.6 is 0 Å². The third kappa shape index (κ3) is 2.55. The number of nitrogen functional groups attached to an aromatic ring is 1. The molecule has 0 saturated carbocycles. The first-order valence-electron chi connectivity index (χ1n) is 4.91. The van der Waals surface area contributed by atoms with Crippen LogP contribution in [0.4, 0.5) is 34.9 Å². The highest BCUT2D eigenvalue weighted by Crippen LogP contribution is 2.26. The number of hydrogen-bond acceptors (Lipinski definition) is 5. The fourth-order valence-electron chi connectivity index (χ4n) is 1.31. The monoisotopic (exact) mass is 273 g/mol. The summed E-state index contributed by atoms with van der Waals surface area (Å²) >= 11 is 0. The Morgan fingerprint density at radius 2 is 1.53 bits per heavy atom. The molecule has 1 aromatic carbocycles. The number of rotatable bonds is 3. The molecule has 5 nitrogen and oxygen atoms in total. The first kappa shape index (κ1) is 13.0. The molecule has 0 radical (unpaired) electrons. The first-order chi connectivity index (χ1) is 9.02. The first-order valence-corrected chi connectivity index (χ1v) is 4.91. The van der Waals surface area contributed by atoms with Gasteiger partial charge in [-0.05, 0) is 0 Å². The lowest BCUT2D eigenvalue weighted by Gasteiger charge is -2.09. The Morgan fingerprint density at radius 1 is 0.947 bits per heavy atom. The lowest BCUT2D eigenvalue weighted by Crippen LogP contribution is -2.10. The van der Waals surface area contributed by atoms with Crippen molar-refractivity contribution < 1.29 is 17.6 Å². The maximum Gasteiger partial charge on any atom is 0.185 e. The Labute approximate surface area is 104 Å². The van der Waals surface area contributed by atoms with Crippen molar-refractivity contribution in [2.75, 3.05) is 10.7 Å². The van der Waals surface area contributed by atoms with E-state index < -0.39 is 29.0 Å². The average molecular weight is 273 g/mol. The highest BCUT2D eigenvalue weighted by Gasteiger charge is 2.19. The molecule has 1 aromatic heterocycles. The molecule has 19 heavy (non-hydrogen) atoms. The van der Waals surface area contributed by atoms with Crippen LogP contribution < -0.4 is 16.6 Å². The van der Waals surface area contributed by atoms with E-state index >= 15 is 0 Å². The minimum absolute atomic E-state index is 0.0997. The molecule has 0 aliphatic rings. The predicted octanol–water partition coefficient (Wildman–Crippen LogP) is 2.06. The molecule has 4 N–H and O–H groups in total. The van der Waals surface area contributed by atoms with Gasteiger partial charge in [-0.1, -0.05) is 0 Å². The van der Waals surface area contributed by atoms with E-state index in [-0.39, 0.29) is 17.7 Å². The minimum atomic E-state index is -1.56. The summed E-state index contributed by atoms with van der Waals surface area (Å²) in [7, 11) is 0. The fraction of sp³-hybridized carbons (Fsp3) is 0. The molecule has 0 atom stereocenters. The Balaban J connectivity index is 2.43. The van der Waals surface area contributed by atoms with Gasteiger partial charge in [-0.15, -0.1) is 0 Å². The maximum absolute atomic E-state index is 13.4. The lowest BCUT2D eigenvalue weighted by molar-refractivity contribution is 0.459. The van der Waals surface area contributed by atoms with Crippen molar-refractivity contribution in [3.63, 3.8) is 0 Å². The van der Waals surface area contributed by atoms with E-state index in [4.69, 9.17) is 5.84 Å². The SMILES string of the molecule is NNc1cncc(Nc2c(F)c(F)cc(F)c2F)n1. The minimum Gasteiger partial charge on any atom is -0.334 e. The van der Waals surface area contributed by atoms with E-state index in [1.54, 1.807) is 0 Å². The van der Waals surface area contributed by atoms with Gasteiger partial charge in [0.1, 0.15) is 5.69 Å². The molecule has 2 rings (SSSR count). The van der Waals surface area contributed by atoms with Crippen LogP contribution in [-0.4, -0.2) is 9.97 Å². The van der Waals surface area contributed by atoms with E-state index in [1.807, 2.05) is 0 Å². The van der Waals surface area contributed by atoms with Gasteiger partial charge in [-0.3, -0.25) is 4.98 Å². The summed E-state index contributed by atoms with van der Waals surface area (Å²) in [5.41, 5.74) is 1.16. The van der Waals surface area contributed by atoms with Crippen LogP contribution in [0.25, 0.3) is 0 Å². The molecule has 0 fully saturated rings. The summed E-state index contributed by atoms with van der Waals surface area (Å²) in [6.07, 6.45) is 2.34. The Kier molecular flexibility index (Phi) is 3.47. The lowest BCUT2D eigenvalue weighted by atomic mass is 10.2. The number of anilines is 3. The number of hydrogen-bond donors (Lipinski definition) is 3. The predicted molar refractivity (Wildman–Crippen MR) is 59.4 cm³/mol. The molecular formula is C10H7F4N5. The van der Waals surface area contributed by atoms with Crippen LogP contribution in [0.3, 0.4) is 0 Å². The number of halogens is 4. The van der Waals surface area contributed by atoms with Crippen molar-refractivity contribution >= 4 is 17.3 Å². The second kappa shape index (κ2) is 5.06. The maximum atomic E-state index is 13.4. The Hall–Kier alpha value is -2.42. The Bertz CT molecular complexity index is 593. The van der Waals surface area contributed by atoms with Gasteiger partial charge >= 0.3 is 0 Å². The third-order valence-corrected chi connectivity index (χ3v) is 2.15. The second-order valence-electron chi connectivity index (χ2n) is 3.40. The van der Waals surface area contributed by atoms with Gasteiger partial charge in [0.05, 0.1) is 12.4 Å². The third-order valence-electron chi connectivity index (χ3n) is 2.15. The molecule has 0 bridgehead atoms. The van der Waals surface area contributed by atoms with Crippen LogP contribution in [0.5, 0.6) is 0 Å². The summed E-state index contributed by atoms with van der Waals surface area (Å²) < 4.78 is 52.7. The molecule has 100 valence electrons. The molecule has 0 spiro atoms. The van der Waals surface area contributed by atoms with Crippen molar-refractivity contribution in [1.29, 1.82) is 0 Å². The number of hydrazine groups is 1. The molecule has 0 saturated heterocycles. The standard InChI is InChI=1S/C10H7F4N5/c11-4-1-5(12)9(14)10(8(4)13)18-6-2-16-3-7(17-6)19-15/h1-3H,15H2,(H2,17,18,19). The van der Waals surface area contributed by atoms with Crippen molar-refractivity contribution in [2.24, 2.45) is 5.84 Å². The van der Waals surface area contributed by atoms with Crippen molar-refractivity contribution in [1.82, 2.24) is 9.97 Å². The van der Waals surface area contributed by atoms with Crippen LogP contribution in [0.15, 0.2) is 18.5 Å². The fourth-order valence-corrected chi connectivity index (χ4v) is 1.31. The molecule has 0 aliphatic heterocycles. The van der Waals surface area contributed by atoms with Crippen LogP contribution in [-0.2, 0) is 0 Å². The van der Waals surface area contributed by atoms with E-state index in [0.717, 1.165) is 6.20 Å². The second-order valence-corrected chi connectivity index (χ2v) is 3.40. The zero-order valence-corrected chi connectivity index (χ0v) is 9.22. The molecular weight excluding hydrogens is 266 g/mol. The average Bonchev–Trinajstić information content (AvgIpc) is 2.41. The van der Waals surface area contributed by atoms with Crippen molar-refractivity contribution in [3.05, 3.63) is 41.7 Å². The highest BCUT2D eigenvalue weighted by atomic mass is 19.2. The summed E-state index contributed by atoms with van der Waals surface area (Å²) in [4.78, 5) is 7.40. The molecule has 0 aliphatic carbocycles. The summed E-state index contributed by atoms with van der Waals surface area (Å²) in [6, 6.07) is 0.111.